The Morgan fingerprint density at radius 2 is 2.20 bits per heavy atom. The normalized spacial score (nSPS) is 12.3. The maximum Gasteiger partial charge on any atom is 0.326 e. The van der Waals surface area contributed by atoms with E-state index in [1.165, 1.54) is 6.33 Å². The molecule has 0 aliphatic heterocycles. The van der Waals surface area contributed by atoms with E-state index < -0.39 is 12.0 Å². The number of H-pyrrole nitrogens is 1. The Morgan fingerprint density at radius 1 is 1.45 bits per heavy atom. The third-order valence-electron chi connectivity index (χ3n) is 2.75. The molecule has 0 fully saturated rings. The molecule has 0 bridgehead atoms. The second-order valence-corrected chi connectivity index (χ2v) is 4.95. The van der Waals surface area contributed by atoms with Gasteiger partial charge < -0.3 is 20.7 Å². The van der Waals surface area contributed by atoms with Crippen LogP contribution in [-0.4, -0.2) is 45.6 Å². The average molecular weight is 282 g/mol. The molecule has 0 aliphatic rings. The number of imidazole rings is 1. The van der Waals surface area contributed by atoms with Crippen LogP contribution in [0.3, 0.4) is 0 Å². The Morgan fingerprint density at radius 3 is 2.75 bits per heavy atom. The number of aromatic amines is 1. The van der Waals surface area contributed by atoms with E-state index in [2.05, 4.69) is 20.6 Å². The van der Waals surface area contributed by atoms with Gasteiger partial charge in [-0.25, -0.2) is 9.78 Å². The summed E-state index contributed by atoms with van der Waals surface area (Å²) in [5, 5.41) is 14.8. The van der Waals surface area contributed by atoms with Gasteiger partial charge in [0.25, 0.3) is 0 Å². The van der Waals surface area contributed by atoms with Gasteiger partial charge in [-0.1, -0.05) is 13.8 Å². The molecule has 4 N–H and O–H groups in total. The summed E-state index contributed by atoms with van der Waals surface area (Å²) in [6.07, 6.45) is 4.22. The number of aliphatic carboxylic acids is 1. The lowest BCUT2D eigenvalue weighted by Crippen LogP contribution is -2.42. The minimum absolute atomic E-state index is 0.200. The number of rotatable bonds is 9. The number of carbonyl (C=O) groups is 2. The van der Waals surface area contributed by atoms with Crippen molar-refractivity contribution in [2.24, 2.45) is 0 Å². The zero-order chi connectivity index (χ0) is 15.0. The van der Waals surface area contributed by atoms with Gasteiger partial charge in [0.05, 0.1) is 6.33 Å². The van der Waals surface area contributed by atoms with Crippen LogP contribution in [0.4, 0.5) is 0 Å². The van der Waals surface area contributed by atoms with Crippen molar-refractivity contribution in [2.75, 3.05) is 6.54 Å². The molecule has 1 amide bonds. The first-order valence-corrected chi connectivity index (χ1v) is 6.72. The van der Waals surface area contributed by atoms with E-state index in [4.69, 9.17) is 5.11 Å². The van der Waals surface area contributed by atoms with E-state index in [1.54, 1.807) is 6.20 Å². The maximum absolute atomic E-state index is 11.7. The van der Waals surface area contributed by atoms with Crippen molar-refractivity contribution >= 4 is 11.9 Å². The van der Waals surface area contributed by atoms with Gasteiger partial charge in [-0.05, 0) is 13.0 Å². The van der Waals surface area contributed by atoms with Crippen LogP contribution < -0.4 is 10.6 Å². The van der Waals surface area contributed by atoms with Crippen LogP contribution in [0.15, 0.2) is 12.5 Å². The number of carboxylic acids is 1. The van der Waals surface area contributed by atoms with Crippen LogP contribution in [0.5, 0.6) is 0 Å². The maximum atomic E-state index is 11.7. The van der Waals surface area contributed by atoms with Crippen LogP contribution in [0.25, 0.3) is 0 Å². The molecular weight excluding hydrogens is 260 g/mol. The molecule has 1 aromatic rings. The number of hydrogen-bond donors (Lipinski definition) is 4. The summed E-state index contributed by atoms with van der Waals surface area (Å²) in [4.78, 5) is 29.5. The Bertz CT molecular complexity index is 417. The van der Waals surface area contributed by atoms with E-state index >= 15 is 0 Å². The summed E-state index contributed by atoms with van der Waals surface area (Å²) < 4.78 is 0. The number of hydrogen-bond acceptors (Lipinski definition) is 4. The zero-order valence-corrected chi connectivity index (χ0v) is 11.8. The van der Waals surface area contributed by atoms with E-state index in [0.29, 0.717) is 24.6 Å². The van der Waals surface area contributed by atoms with Crippen LogP contribution in [0, 0.1) is 0 Å². The van der Waals surface area contributed by atoms with Crippen LogP contribution in [-0.2, 0) is 16.0 Å². The third-order valence-corrected chi connectivity index (χ3v) is 2.75. The number of nitrogens with one attached hydrogen (secondary N) is 3. The fraction of sp³-hybridized carbons (Fsp3) is 0.615. The largest absolute Gasteiger partial charge is 0.480 e. The minimum atomic E-state index is -1.05. The van der Waals surface area contributed by atoms with Crippen molar-refractivity contribution in [3.63, 3.8) is 0 Å². The molecule has 1 atom stereocenters. The monoisotopic (exact) mass is 282 g/mol. The van der Waals surface area contributed by atoms with E-state index in [-0.39, 0.29) is 12.3 Å². The zero-order valence-electron chi connectivity index (χ0n) is 11.8. The van der Waals surface area contributed by atoms with Gasteiger partial charge in [0.1, 0.15) is 6.04 Å². The second kappa shape index (κ2) is 8.31. The highest BCUT2D eigenvalue weighted by molar-refractivity contribution is 5.83. The van der Waals surface area contributed by atoms with Crippen LogP contribution in [0.1, 0.15) is 32.4 Å². The lowest BCUT2D eigenvalue weighted by molar-refractivity contribution is -0.141. The predicted octanol–water partition coefficient (Wildman–Crippen LogP) is 0.300. The summed E-state index contributed by atoms with van der Waals surface area (Å²) in [5.41, 5.74) is 0.680. The highest BCUT2D eigenvalue weighted by atomic mass is 16.4. The summed E-state index contributed by atoms with van der Waals surface area (Å²) in [6.45, 7) is 4.80. The first-order chi connectivity index (χ1) is 9.49. The van der Waals surface area contributed by atoms with E-state index in [1.807, 2.05) is 13.8 Å². The number of carboxylic acid groups (broad SMARTS) is 1. The second-order valence-electron chi connectivity index (χ2n) is 4.95. The topological polar surface area (TPSA) is 107 Å². The van der Waals surface area contributed by atoms with Crippen molar-refractivity contribution in [1.82, 2.24) is 20.6 Å². The number of aromatic nitrogens is 2. The molecule has 1 unspecified atom stereocenters. The highest BCUT2D eigenvalue weighted by Gasteiger charge is 2.20. The van der Waals surface area contributed by atoms with Gasteiger partial charge in [0.2, 0.25) is 5.91 Å². The fourth-order valence-corrected chi connectivity index (χ4v) is 1.72. The van der Waals surface area contributed by atoms with Gasteiger partial charge in [-0.15, -0.1) is 0 Å². The highest BCUT2D eigenvalue weighted by Crippen LogP contribution is 2.00. The SMILES string of the molecule is CC(C)NCCCC(=O)NC(Cc1cnc[nH]1)C(=O)O. The summed E-state index contributed by atoms with van der Waals surface area (Å²) in [6, 6.07) is -0.550. The quantitative estimate of drug-likeness (QED) is 0.487. The molecule has 7 heteroatoms. The molecule has 1 heterocycles. The van der Waals surface area contributed by atoms with Gasteiger partial charge in [0.15, 0.2) is 0 Å². The van der Waals surface area contributed by atoms with Crippen molar-refractivity contribution in [2.45, 2.75) is 45.2 Å². The van der Waals surface area contributed by atoms with Crippen molar-refractivity contribution in [1.29, 1.82) is 0 Å². The van der Waals surface area contributed by atoms with Crippen LogP contribution >= 0.6 is 0 Å². The molecule has 20 heavy (non-hydrogen) atoms. The van der Waals surface area contributed by atoms with E-state index in [9.17, 15) is 9.59 Å². The fourth-order valence-electron chi connectivity index (χ4n) is 1.72. The third kappa shape index (κ3) is 6.33. The molecule has 0 radical (unpaired) electrons. The van der Waals surface area contributed by atoms with Gasteiger partial charge in [-0.2, -0.15) is 0 Å². The molecule has 1 aromatic heterocycles. The Labute approximate surface area is 118 Å². The smallest absolute Gasteiger partial charge is 0.326 e. The average Bonchev–Trinajstić information content (AvgIpc) is 2.86. The molecule has 0 saturated heterocycles. The molecule has 0 aliphatic carbocycles. The minimum Gasteiger partial charge on any atom is -0.480 e. The molecule has 112 valence electrons. The van der Waals surface area contributed by atoms with Crippen molar-refractivity contribution in [3.8, 4) is 0 Å². The molecule has 0 saturated carbocycles. The van der Waals surface area contributed by atoms with Gasteiger partial charge in [-0.3, -0.25) is 4.79 Å². The molecule has 7 nitrogen and oxygen atoms in total. The van der Waals surface area contributed by atoms with Crippen LogP contribution in [0.2, 0.25) is 0 Å². The predicted molar refractivity (Wildman–Crippen MR) is 74.2 cm³/mol. The summed E-state index contributed by atoms with van der Waals surface area (Å²) in [7, 11) is 0. The van der Waals surface area contributed by atoms with E-state index in [0.717, 1.165) is 6.54 Å². The number of nitrogens with zero attached hydrogens (tertiary/aromatic N) is 1. The lowest BCUT2D eigenvalue weighted by Gasteiger charge is -2.14. The van der Waals surface area contributed by atoms with Gasteiger partial charge in [0, 0.05) is 30.8 Å². The first kappa shape index (κ1) is 16.2. The molecule has 1 rings (SSSR count). The van der Waals surface area contributed by atoms with Crippen molar-refractivity contribution < 1.29 is 14.7 Å². The first-order valence-electron chi connectivity index (χ1n) is 6.72. The summed E-state index contributed by atoms with van der Waals surface area (Å²) in [5.74, 6) is -1.30. The summed E-state index contributed by atoms with van der Waals surface area (Å²) >= 11 is 0. The Balaban J connectivity index is 2.34. The van der Waals surface area contributed by atoms with Gasteiger partial charge >= 0.3 is 5.97 Å². The Hall–Kier alpha value is -1.89. The Kier molecular flexibility index (Phi) is 6.72. The number of amides is 1. The van der Waals surface area contributed by atoms with Crippen molar-refractivity contribution in [3.05, 3.63) is 18.2 Å². The molecule has 0 spiro atoms. The molecular formula is C13H22N4O3. The number of carbonyl (C=O) groups excluding carboxylic acids is 1. The standard InChI is InChI=1S/C13H22N4O3/c1-9(2)15-5-3-4-12(18)17-11(13(19)20)6-10-7-14-8-16-10/h7-9,11,15H,3-6H2,1-2H3,(H,14,16)(H,17,18)(H,19,20). The lowest BCUT2D eigenvalue weighted by atomic mass is 10.1. The molecule has 0 aromatic carbocycles.